The number of rotatable bonds is 8. The first-order valence-corrected chi connectivity index (χ1v) is 13.7. The van der Waals surface area contributed by atoms with Gasteiger partial charge in [0.15, 0.2) is 0 Å². The average molecular weight is 543 g/mol. The lowest BCUT2D eigenvalue weighted by molar-refractivity contribution is -0.139. The van der Waals surface area contributed by atoms with Crippen molar-refractivity contribution >= 4 is 22.8 Å². The number of nitrogens with zero attached hydrogens (tertiary/aromatic N) is 5. The fourth-order valence-corrected chi connectivity index (χ4v) is 6.01. The molecule has 208 valence electrons. The number of hydrogen-bond donors (Lipinski definition) is 3. The molecule has 3 N–H and O–H groups in total. The Hall–Kier alpha value is -4.25. The molecule has 0 saturated carbocycles. The molecule has 4 aromatic rings. The lowest BCUT2D eigenvalue weighted by Gasteiger charge is -2.27. The van der Waals surface area contributed by atoms with E-state index in [-0.39, 0.29) is 29.7 Å². The number of ether oxygens (including phenoxy) is 1. The number of nitrogens with one attached hydrogen (secondary N) is 3. The van der Waals surface area contributed by atoms with E-state index in [0.29, 0.717) is 32.5 Å². The van der Waals surface area contributed by atoms with Crippen LogP contribution in [0.1, 0.15) is 35.6 Å². The minimum absolute atomic E-state index is 0.0172. The Labute approximate surface area is 232 Å². The molecule has 4 atom stereocenters. The molecule has 2 fully saturated rings. The lowest BCUT2D eigenvalue weighted by Crippen LogP contribution is -2.51. The Kier molecular flexibility index (Phi) is 7.21. The van der Waals surface area contributed by atoms with E-state index < -0.39 is 6.04 Å². The largest absolute Gasteiger partial charge is 0.497 e. The van der Waals surface area contributed by atoms with Crippen LogP contribution in [-0.2, 0) is 29.6 Å². The third-order valence-electron chi connectivity index (χ3n) is 8.17. The smallest absolute Gasteiger partial charge is 0.243 e. The summed E-state index contributed by atoms with van der Waals surface area (Å²) in [6.07, 6.45) is 5.61. The van der Waals surface area contributed by atoms with E-state index in [9.17, 15) is 9.59 Å². The van der Waals surface area contributed by atoms with E-state index >= 15 is 0 Å². The number of carbonyl (C=O) groups excluding carboxylic acids is 2. The van der Waals surface area contributed by atoms with Gasteiger partial charge in [-0.25, -0.2) is 9.67 Å². The van der Waals surface area contributed by atoms with Crippen LogP contribution in [0.4, 0.5) is 0 Å². The summed E-state index contributed by atoms with van der Waals surface area (Å²) in [4.78, 5) is 36.5. The lowest BCUT2D eigenvalue weighted by atomic mass is 9.96. The number of H-pyrrole nitrogens is 1. The van der Waals surface area contributed by atoms with Crippen molar-refractivity contribution in [3.8, 4) is 5.75 Å². The SMILES string of the molecule is COc1ccc(CC2CC(C(=O)NCc3ccc4c(c3)nnn4C)N(C(=O)C3CC(c4c[nH]cn4)CN3)C2)cc1. The van der Waals surface area contributed by atoms with Crippen LogP contribution < -0.4 is 15.4 Å². The van der Waals surface area contributed by atoms with Gasteiger partial charge in [-0.1, -0.05) is 23.4 Å². The van der Waals surface area contributed by atoms with E-state index in [1.807, 2.05) is 55.7 Å². The van der Waals surface area contributed by atoms with Crippen molar-refractivity contribution < 1.29 is 14.3 Å². The van der Waals surface area contributed by atoms with Crippen molar-refractivity contribution in [1.82, 2.24) is 40.5 Å². The summed E-state index contributed by atoms with van der Waals surface area (Å²) < 4.78 is 7.01. The molecular formula is C29H34N8O3. The molecule has 0 aliphatic carbocycles. The van der Waals surface area contributed by atoms with Crippen LogP contribution in [0.3, 0.4) is 0 Å². The van der Waals surface area contributed by atoms with E-state index in [1.54, 1.807) is 23.0 Å². The third kappa shape index (κ3) is 5.29. The highest BCUT2D eigenvalue weighted by atomic mass is 16.5. The highest BCUT2D eigenvalue weighted by Gasteiger charge is 2.43. The molecular weight excluding hydrogens is 508 g/mol. The van der Waals surface area contributed by atoms with Crippen LogP contribution in [0, 0.1) is 5.92 Å². The Morgan fingerprint density at radius 2 is 1.95 bits per heavy atom. The van der Waals surface area contributed by atoms with Gasteiger partial charge < -0.3 is 25.3 Å². The first kappa shape index (κ1) is 26.0. The van der Waals surface area contributed by atoms with Crippen molar-refractivity contribution in [2.24, 2.45) is 13.0 Å². The zero-order valence-corrected chi connectivity index (χ0v) is 22.7. The van der Waals surface area contributed by atoms with E-state index in [0.717, 1.165) is 40.0 Å². The summed E-state index contributed by atoms with van der Waals surface area (Å²) in [6.45, 7) is 1.59. The number of aryl methyl sites for hydroxylation is 1. The summed E-state index contributed by atoms with van der Waals surface area (Å²) in [7, 11) is 3.50. The van der Waals surface area contributed by atoms with Crippen molar-refractivity contribution in [3.63, 3.8) is 0 Å². The number of amides is 2. The zero-order chi connectivity index (χ0) is 27.6. The molecule has 2 amide bonds. The maximum absolute atomic E-state index is 13.8. The molecule has 2 saturated heterocycles. The van der Waals surface area contributed by atoms with Crippen molar-refractivity contribution in [1.29, 1.82) is 0 Å². The Balaban J connectivity index is 1.16. The molecule has 2 aromatic carbocycles. The monoisotopic (exact) mass is 542 g/mol. The number of methoxy groups -OCH3 is 1. The van der Waals surface area contributed by atoms with Gasteiger partial charge in [-0.15, -0.1) is 5.10 Å². The van der Waals surface area contributed by atoms with Crippen LogP contribution in [0.25, 0.3) is 11.0 Å². The summed E-state index contributed by atoms with van der Waals surface area (Å²) >= 11 is 0. The van der Waals surface area contributed by atoms with Gasteiger partial charge in [0.05, 0.1) is 30.7 Å². The molecule has 0 radical (unpaired) electrons. The van der Waals surface area contributed by atoms with Gasteiger partial charge in [-0.2, -0.15) is 0 Å². The third-order valence-corrected chi connectivity index (χ3v) is 8.17. The van der Waals surface area contributed by atoms with Gasteiger partial charge in [0.1, 0.15) is 17.3 Å². The number of imidazole rings is 1. The van der Waals surface area contributed by atoms with E-state index in [1.165, 1.54) is 0 Å². The van der Waals surface area contributed by atoms with Crippen molar-refractivity contribution in [2.75, 3.05) is 20.2 Å². The number of aromatic amines is 1. The predicted molar refractivity (Wildman–Crippen MR) is 148 cm³/mol. The van der Waals surface area contributed by atoms with Crippen LogP contribution >= 0.6 is 0 Å². The summed E-state index contributed by atoms with van der Waals surface area (Å²) in [5.41, 5.74) is 4.77. The van der Waals surface area contributed by atoms with Gasteiger partial charge in [-0.05, 0) is 60.6 Å². The van der Waals surface area contributed by atoms with Gasteiger partial charge in [0.2, 0.25) is 11.8 Å². The number of hydrogen-bond acceptors (Lipinski definition) is 7. The Morgan fingerprint density at radius 1 is 1.12 bits per heavy atom. The summed E-state index contributed by atoms with van der Waals surface area (Å²) in [5, 5.41) is 14.7. The molecule has 2 aliphatic rings. The number of benzene rings is 2. The predicted octanol–water partition coefficient (Wildman–Crippen LogP) is 1.92. The van der Waals surface area contributed by atoms with E-state index in [2.05, 4.69) is 30.9 Å². The van der Waals surface area contributed by atoms with Gasteiger partial charge in [0.25, 0.3) is 0 Å². The second-order valence-electron chi connectivity index (χ2n) is 10.8. The standard InChI is InChI=1S/C29H34N8O3/c1-36-26-8-5-19(10-23(26)34-35-36)13-32-28(38)27-11-20(9-18-3-6-22(40-2)7-4-18)16-37(27)29(39)24-12-21(14-31-24)25-15-30-17-33-25/h3-8,10,15,17,20-21,24,27,31H,9,11-14,16H2,1-2H3,(H,30,33)(H,32,38). The molecule has 0 bridgehead atoms. The molecule has 2 aliphatic heterocycles. The average Bonchev–Trinajstić information content (AvgIpc) is 3.79. The van der Waals surface area contributed by atoms with Crippen LogP contribution in [0.15, 0.2) is 55.0 Å². The van der Waals surface area contributed by atoms with Crippen LogP contribution in [-0.4, -0.2) is 74.0 Å². The molecule has 4 heterocycles. The second kappa shape index (κ2) is 11.1. The fraction of sp³-hybridized carbons (Fsp3) is 0.414. The minimum atomic E-state index is -0.526. The zero-order valence-electron chi connectivity index (χ0n) is 22.7. The number of fused-ring (bicyclic) bond motifs is 1. The van der Waals surface area contributed by atoms with Crippen LogP contribution in [0.2, 0.25) is 0 Å². The number of carbonyl (C=O) groups is 2. The summed E-state index contributed by atoms with van der Waals surface area (Å²) in [5.74, 6) is 1.000. The fourth-order valence-electron chi connectivity index (χ4n) is 6.01. The van der Waals surface area contributed by atoms with Crippen molar-refractivity contribution in [2.45, 2.75) is 43.8 Å². The van der Waals surface area contributed by atoms with E-state index in [4.69, 9.17) is 4.74 Å². The first-order valence-electron chi connectivity index (χ1n) is 13.7. The Morgan fingerprint density at radius 3 is 2.73 bits per heavy atom. The number of likely N-dealkylation sites (tertiary alicyclic amines) is 1. The van der Waals surface area contributed by atoms with Gasteiger partial charge in [0, 0.05) is 38.8 Å². The maximum atomic E-state index is 13.8. The minimum Gasteiger partial charge on any atom is -0.497 e. The molecule has 4 unspecified atom stereocenters. The highest BCUT2D eigenvalue weighted by Crippen LogP contribution is 2.31. The quantitative estimate of drug-likeness (QED) is 0.310. The number of aromatic nitrogens is 5. The molecule has 6 rings (SSSR count). The normalized spacial score (nSPS) is 22.6. The second-order valence-corrected chi connectivity index (χ2v) is 10.8. The van der Waals surface area contributed by atoms with Crippen molar-refractivity contribution in [3.05, 3.63) is 71.8 Å². The van der Waals surface area contributed by atoms with Gasteiger partial charge in [-0.3, -0.25) is 9.59 Å². The topological polar surface area (TPSA) is 130 Å². The molecule has 40 heavy (non-hydrogen) atoms. The summed E-state index contributed by atoms with van der Waals surface area (Å²) in [6, 6.07) is 13.0. The molecule has 2 aromatic heterocycles. The Bertz CT molecular complexity index is 1480. The molecule has 11 heteroatoms. The maximum Gasteiger partial charge on any atom is 0.243 e. The molecule has 0 spiro atoms. The van der Waals surface area contributed by atoms with Gasteiger partial charge >= 0.3 is 0 Å². The van der Waals surface area contributed by atoms with Crippen LogP contribution in [0.5, 0.6) is 5.75 Å². The highest BCUT2D eigenvalue weighted by molar-refractivity contribution is 5.90. The molecule has 11 nitrogen and oxygen atoms in total. The first-order chi connectivity index (χ1) is 19.5.